The number of rotatable bonds is 8. The number of methoxy groups -OCH3 is 1. The Morgan fingerprint density at radius 3 is 2.67 bits per heavy atom. The van der Waals surface area contributed by atoms with Crippen molar-refractivity contribution in [2.24, 2.45) is 0 Å². The summed E-state index contributed by atoms with van der Waals surface area (Å²) < 4.78 is 16.5. The van der Waals surface area contributed by atoms with Crippen molar-refractivity contribution in [2.45, 2.75) is 25.9 Å². The first kappa shape index (κ1) is 22.6. The fourth-order valence-corrected chi connectivity index (χ4v) is 4.04. The molecule has 1 aromatic carbocycles. The first-order valence-corrected chi connectivity index (χ1v) is 11.2. The molecular weight excluding hydrogens is 426 g/mol. The number of hydrogen-bond acceptors (Lipinski definition) is 7. The molecule has 0 radical (unpaired) electrons. The maximum Gasteiger partial charge on any atom is 0.325 e. The zero-order valence-electron chi connectivity index (χ0n) is 19.0. The number of urea groups is 1. The van der Waals surface area contributed by atoms with E-state index in [1.807, 2.05) is 31.2 Å². The van der Waals surface area contributed by atoms with Gasteiger partial charge >= 0.3 is 6.03 Å². The van der Waals surface area contributed by atoms with Gasteiger partial charge in [-0.25, -0.2) is 4.79 Å². The van der Waals surface area contributed by atoms with E-state index in [2.05, 4.69) is 9.97 Å². The number of carbonyl (C=O) groups is 2. The molecule has 0 spiro atoms. The molecule has 1 aromatic heterocycles. The minimum atomic E-state index is -0.182. The summed E-state index contributed by atoms with van der Waals surface area (Å²) >= 11 is 0. The van der Waals surface area contributed by atoms with E-state index in [1.54, 1.807) is 14.7 Å². The van der Waals surface area contributed by atoms with E-state index in [4.69, 9.17) is 14.2 Å². The summed E-state index contributed by atoms with van der Waals surface area (Å²) in [7, 11) is 1.52. The topological polar surface area (TPSA) is 97.3 Å². The Balaban J connectivity index is 1.31. The van der Waals surface area contributed by atoms with Gasteiger partial charge in [-0.1, -0.05) is 0 Å². The molecule has 2 aliphatic heterocycles. The van der Waals surface area contributed by atoms with Gasteiger partial charge in [0.05, 0.1) is 32.7 Å². The smallest absolute Gasteiger partial charge is 0.325 e. The van der Waals surface area contributed by atoms with Crippen molar-refractivity contribution in [3.8, 4) is 17.5 Å². The third-order valence-electron chi connectivity index (χ3n) is 5.70. The molecule has 0 aliphatic carbocycles. The number of nitrogens with zero attached hydrogens (tertiary/aromatic N) is 5. The van der Waals surface area contributed by atoms with E-state index in [1.165, 1.54) is 19.5 Å². The third kappa shape index (κ3) is 5.44. The Labute approximate surface area is 193 Å². The maximum absolute atomic E-state index is 13.0. The molecule has 4 rings (SSSR count). The Morgan fingerprint density at radius 1 is 1.12 bits per heavy atom. The van der Waals surface area contributed by atoms with Crippen LogP contribution in [0.15, 0.2) is 36.7 Å². The number of ether oxygens (including phenoxy) is 3. The van der Waals surface area contributed by atoms with Crippen LogP contribution in [-0.2, 0) is 4.79 Å². The molecule has 2 aliphatic rings. The fourth-order valence-electron chi connectivity index (χ4n) is 4.04. The second-order valence-corrected chi connectivity index (χ2v) is 7.90. The van der Waals surface area contributed by atoms with Crippen molar-refractivity contribution >= 4 is 17.6 Å². The summed E-state index contributed by atoms with van der Waals surface area (Å²) in [4.78, 5) is 39.2. The molecule has 3 heterocycles. The van der Waals surface area contributed by atoms with Crippen molar-refractivity contribution in [3.63, 3.8) is 0 Å². The summed E-state index contributed by atoms with van der Waals surface area (Å²) in [6, 6.07) is 7.26. The van der Waals surface area contributed by atoms with Crippen molar-refractivity contribution in [1.82, 2.24) is 19.8 Å². The lowest BCUT2D eigenvalue weighted by Gasteiger charge is -2.33. The van der Waals surface area contributed by atoms with Crippen LogP contribution in [0.2, 0.25) is 0 Å². The number of anilines is 1. The van der Waals surface area contributed by atoms with Crippen LogP contribution in [0, 0.1) is 0 Å². The summed E-state index contributed by atoms with van der Waals surface area (Å²) in [5.41, 5.74) is 0.796. The van der Waals surface area contributed by atoms with E-state index >= 15 is 0 Å². The Kier molecular flexibility index (Phi) is 7.11. The van der Waals surface area contributed by atoms with Gasteiger partial charge in [-0.3, -0.25) is 14.7 Å². The van der Waals surface area contributed by atoms with Crippen LogP contribution in [-0.4, -0.2) is 84.3 Å². The highest BCUT2D eigenvalue weighted by atomic mass is 16.5. The molecule has 176 valence electrons. The number of amides is 3. The quantitative estimate of drug-likeness (QED) is 0.602. The molecule has 2 saturated heterocycles. The Hall–Kier alpha value is -3.56. The van der Waals surface area contributed by atoms with E-state index in [0.717, 1.165) is 24.3 Å². The lowest BCUT2D eigenvalue weighted by atomic mass is 10.1. The van der Waals surface area contributed by atoms with Crippen LogP contribution >= 0.6 is 0 Å². The number of carbonyl (C=O) groups excluding carboxylic acids is 2. The molecule has 1 unspecified atom stereocenters. The van der Waals surface area contributed by atoms with Gasteiger partial charge in [0.25, 0.3) is 0 Å². The summed E-state index contributed by atoms with van der Waals surface area (Å²) in [6.07, 6.45) is 4.49. The van der Waals surface area contributed by atoms with Gasteiger partial charge in [-0.2, -0.15) is 4.98 Å². The third-order valence-corrected chi connectivity index (χ3v) is 5.70. The molecular formula is C23H29N5O5. The number of aromatic nitrogens is 2. The first-order chi connectivity index (χ1) is 16.1. The van der Waals surface area contributed by atoms with Crippen molar-refractivity contribution in [1.29, 1.82) is 0 Å². The monoisotopic (exact) mass is 455 g/mol. The second kappa shape index (κ2) is 10.4. The van der Waals surface area contributed by atoms with Gasteiger partial charge < -0.3 is 24.0 Å². The van der Waals surface area contributed by atoms with Crippen molar-refractivity contribution in [2.75, 3.05) is 51.3 Å². The molecule has 33 heavy (non-hydrogen) atoms. The molecule has 3 amide bonds. The van der Waals surface area contributed by atoms with Crippen molar-refractivity contribution < 1.29 is 23.8 Å². The van der Waals surface area contributed by atoms with E-state index in [0.29, 0.717) is 44.5 Å². The Morgan fingerprint density at radius 2 is 1.91 bits per heavy atom. The first-order valence-electron chi connectivity index (χ1n) is 11.2. The molecule has 1 atom stereocenters. The molecule has 0 N–H and O–H groups in total. The number of piperidine rings is 1. The lowest BCUT2D eigenvalue weighted by molar-refractivity contribution is -0.134. The van der Waals surface area contributed by atoms with Gasteiger partial charge in [0.1, 0.15) is 18.4 Å². The van der Waals surface area contributed by atoms with Crippen LogP contribution in [0.3, 0.4) is 0 Å². The average Bonchev–Trinajstić information content (AvgIpc) is 3.20. The van der Waals surface area contributed by atoms with Gasteiger partial charge in [-0.15, -0.1) is 0 Å². The number of hydrogen-bond donors (Lipinski definition) is 0. The van der Waals surface area contributed by atoms with Gasteiger partial charge in [-0.05, 0) is 44.0 Å². The SMILES string of the molecule is CCOc1ccc(N2CCN(CC(=O)N3CCCC(Oc4cncc(OC)n4)C3)C2=O)cc1. The normalized spacial score (nSPS) is 18.4. The van der Waals surface area contributed by atoms with E-state index < -0.39 is 0 Å². The standard InChI is InChI=1S/C23H29N5O5/c1-3-32-18-8-6-17(7-9-18)28-12-11-27(23(28)30)16-22(29)26-10-4-5-19(15-26)33-21-14-24-13-20(25-21)31-2/h6-9,13-14,19H,3-5,10-12,15-16H2,1-2H3. The molecule has 0 bridgehead atoms. The van der Waals surface area contributed by atoms with Gasteiger partial charge in [0, 0.05) is 25.3 Å². The van der Waals surface area contributed by atoms with E-state index in [9.17, 15) is 9.59 Å². The minimum absolute atomic E-state index is 0.0536. The fraction of sp³-hybridized carbons (Fsp3) is 0.478. The zero-order chi connectivity index (χ0) is 23.2. The highest BCUT2D eigenvalue weighted by Crippen LogP contribution is 2.24. The van der Waals surface area contributed by atoms with Crippen LogP contribution in [0.25, 0.3) is 0 Å². The summed E-state index contributed by atoms with van der Waals surface area (Å²) in [5.74, 6) is 1.43. The second-order valence-electron chi connectivity index (χ2n) is 7.90. The van der Waals surface area contributed by atoms with E-state index in [-0.39, 0.29) is 24.6 Å². The molecule has 0 saturated carbocycles. The predicted octanol–water partition coefficient (Wildman–Crippen LogP) is 2.20. The number of benzene rings is 1. The summed E-state index contributed by atoms with van der Waals surface area (Å²) in [6.45, 7) is 4.71. The molecule has 10 nitrogen and oxygen atoms in total. The molecule has 2 aromatic rings. The van der Waals surface area contributed by atoms with Crippen LogP contribution < -0.4 is 19.1 Å². The highest BCUT2D eigenvalue weighted by molar-refractivity contribution is 5.96. The van der Waals surface area contributed by atoms with Gasteiger partial charge in [0.2, 0.25) is 17.7 Å². The molecule has 10 heteroatoms. The van der Waals surface area contributed by atoms with Crippen LogP contribution in [0.1, 0.15) is 19.8 Å². The Bertz CT molecular complexity index is 970. The van der Waals surface area contributed by atoms with Crippen LogP contribution in [0.5, 0.6) is 17.5 Å². The van der Waals surface area contributed by atoms with Gasteiger partial charge in [0.15, 0.2) is 0 Å². The lowest BCUT2D eigenvalue weighted by Crippen LogP contribution is -2.48. The highest BCUT2D eigenvalue weighted by Gasteiger charge is 2.33. The minimum Gasteiger partial charge on any atom is -0.494 e. The maximum atomic E-state index is 13.0. The predicted molar refractivity (Wildman–Crippen MR) is 121 cm³/mol. The average molecular weight is 456 g/mol. The molecule has 2 fully saturated rings. The zero-order valence-corrected chi connectivity index (χ0v) is 19.0. The van der Waals surface area contributed by atoms with Crippen molar-refractivity contribution in [3.05, 3.63) is 36.7 Å². The van der Waals surface area contributed by atoms with Crippen LogP contribution in [0.4, 0.5) is 10.5 Å². The summed E-state index contributed by atoms with van der Waals surface area (Å²) in [5, 5.41) is 0. The largest absolute Gasteiger partial charge is 0.494 e. The number of likely N-dealkylation sites (tertiary alicyclic amines) is 1.